The quantitative estimate of drug-likeness (QED) is 0.132. The Morgan fingerprint density at radius 2 is 1.62 bits per heavy atom. The molecule has 1 rings (SSSR count). The summed E-state index contributed by atoms with van der Waals surface area (Å²) in [5, 5.41) is 48.9. The third-order valence-electron chi connectivity index (χ3n) is 5.58. The van der Waals surface area contributed by atoms with E-state index in [4.69, 9.17) is 24.8 Å². The van der Waals surface area contributed by atoms with E-state index in [2.05, 4.69) is 0 Å². The maximum atomic E-state index is 10.2. The van der Waals surface area contributed by atoms with Crippen molar-refractivity contribution in [2.75, 3.05) is 13.2 Å². The largest absolute Gasteiger partial charge is 0.394 e. The maximum absolute atomic E-state index is 10.2. The molecule has 32 heavy (non-hydrogen) atoms. The number of unbranched alkanes of at least 4 members (excludes halogenated alkanes) is 8. The predicted octanol–water partition coefficient (Wildman–Crippen LogP) is 1.75. The number of aliphatic hydroxyl groups excluding tert-OH is 5. The van der Waals surface area contributed by atoms with Crippen molar-refractivity contribution in [3.63, 3.8) is 0 Å². The van der Waals surface area contributed by atoms with Crippen LogP contribution in [0.4, 0.5) is 0 Å². The van der Waals surface area contributed by atoms with Crippen molar-refractivity contribution in [3.05, 3.63) is 12.2 Å². The first-order valence-electron chi connectivity index (χ1n) is 15.1. The zero-order chi connectivity index (χ0) is 29.9. The summed E-state index contributed by atoms with van der Waals surface area (Å²) in [5.41, 5.74) is 5.91. The van der Waals surface area contributed by atoms with E-state index in [1.807, 2.05) is 6.08 Å². The van der Waals surface area contributed by atoms with E-state index in [0.717, 1.165) is 51.4 Å². The first-order chi connectivity index (χ1) is 18.1. The lowest BCUT2D eigenvalue weighted by atomic mass is 9.99. The van der Waals surface area contributed by atoms with Crippen LogP contribution in [0.2, 0.25) is 0 Å². The van der Waals surface area contributed by atoms with Crippen LogP contribution in [0.3, 0.4) is 0 Å². The summed E-state index contributed by atoms with van der Waals surface area (Å²) < 4.78 is 63.1. The number of aliphatic hydroxyl groups is 5. The van der Waals surface area contributed by atoms with E-state index in [1.165, 1.54) is 0 Å². The van der Waals surface area contributed by atoms with Gasteiger partial charge in [0, 0.05) is 9.60 Å². The van der Waals surface area contributed by atoms with Gasteiger partial charge >= 0.3 is 0 Å². The van der Waals surface area contributed by atoms with Gasteiger partial charge in [-0.2, -0.15) is 0 Å². The lowest BCUT2D eigenvalue weighted by molar-refractivity contribution is -0.302. The number of nitrogens with two attached hydrogens (primary N) is 1. The minimum absolute atomic E-state index is 0.125. The van der Waals surface area contributed by atoms with Gasteiger partial charge in [-0.1, -0.05) is 83.1 Å². The topological polar surface area (TPSA) is 146 Å². The summed E-state index contributed by atoms with van der Waals surface area (Å²) in [5.74, 6) is 0. The van der Waals surface area contributed by atoms with Crippen LogP contribution in [0, 0.1) is 0 Å². The predicted molar refractivity (Wildman–Crippen MR) is 124 cm³/mol. The molecule has 0 saturated carbocycles. The molecule has 190 valence electrons. The second-order valence-corrected chi connectivity index (χ2v) is 8.28. The molecule has 0 amide bonds. The second kappa shape index (κ2) is 17.8. The van der Waals surface area contributed by atoms with E-state index < -0.39 is 69.1 Å². The van der Waals surface area contributed by atoms with Gasteiger partial charge in [0.15, 0.2) is 6.29 Å². The number of hydrogen-bond donors (Lipinski definition) is 6. The monoisotopic (exact) mass is 468 g/mol. The van der Waals surface area contributed by atoms with Gasteiger partial charge in [-0.15, -0.1) is 0 Å². The average molecular weight is 469 g/mol. The van der Waals surface area contributed by atoms with Crippen LogP contribution in [0.1, 0.15) is 93.4 Å². The fourth-order valence-electron chi connectivity index (χ4n) is 3.49. The molecule has 1 aliphatic rings. The van der Waals surface area contributed by atoms with Crippen molar-refractivity contribution in [2.45, 2.75) is 127 Å². The first-order valence-corrected chi connectivity index (χ1v) is 11.6. The van der Waals surface area contributed by atoms with E-state index >= 15 is 0 Å². The van der Waals surface area contributed by atoms with Gasteiger partial charge in [-0.25, -0.2) is 0 Å². The number of allylic oxidation sites excluding steroid dienone is 1. The van der Waals surface area contributed by atoms with Crippen LogP contribution < -0.4 is 5.73 Å². The summed E-state index contributed by atoms with van der Waals surface area (Å²) in [4.78, 5) is 0. The van der Waals surface area contributed by atoms with Gasteiger partial charge in [0.05, 0.1) is 25.4 Å². The Morgan fingerprint density at radius 1 is 1.00 bits per heavy atom. The molecule has 1 saturated heterocycles. The second-order valence-electron chi connectivity index (χ2n) is 8.28. The zero-order valence-corrected chi connectivity index (χ0v) is 18.8. The molecule has 0 aromatic carbocycles. The fraction of sp³-hybridized carbons (Fsp3) is 0.917. The molecule has 0 aliphatic carbocycles. The Bertz CT molecular complexity index is 713. The summed E-state index contributed by atoms with van der Waals surface area (Å²) in [6.45, 7) is -3.76. The zero-order valence-electron chi connectivity index (χ0n) is 25.8. The lowest BCUT2D eigenvalue weighted by Crippen LogP contribution is -2.59. The molecule has 0 bridgehead atoms. The molecule has 0 unspecified atom stereocenters. The van der Waals surface area contributed by atoms with Gasteiger partial charge in [0.2, 0.25) is 0 Å². The molecule has 1 aliphatic heterocycles. The standard InChI is InChI=1S/C24H47NO7/c1-2-3-4-5-6-7-8-9-10-11-12-13-14-15-19(27)18(25)17-31-24-23(30)22(29)21(28)20(16-26)32-24/h14-15,18-24,26-30H,2-13,16-17,25H2,1H3/b15-14+/t18-,19+,20+,21+,22-,23+,24+/m0/s1/i1D3,2D2,3D2. The molecule has 8 heteroatoms. The summed E-state index contributed by atoms with van der Waals surface area (Å²) in [6, 6.07) is -0.823. The molecule has 7 N–H and O–H groups in total. The molecule has 0 radical (unpaired) electrons. The third-order valence-corrected chi connectivity index (χ3v) is 5.58. The first kappa shape index (κ1) is 19.7. The molecule has 7 atom stereocenters. The molecule has 8 nitrogen and oxygen atoms in total. The van der Waals surface area contributed by atoms with Crippen LogP contribution in [0.15, 0.2) is 12.2 Å². The third kappa shape index (κ3) is 11.5. The van der Waals surface area contributed by atoms with Crippen molar-refractivity contribution < 1.29 is 44.6 Å². The van der Waals surface area contributed by atoms with E-state index in [0.29, 0.717) is 6.42 Å². The number of rotatable bonds is 18. The summed E-state index contributed by atoms with van der Waals surface area (Å²) in [6.07, 6.45) is -2.29. The summed E-state index contributed by atoms with van der Waals surface area (Å²) >= 11 is 0. The number of ether oxygens (including phenoxy) is 2. The van der Waals surface area contributed by atoms with E-state index in [-0.39, 0.29) is 13.0 Å². The van der Waals surface area contributed by atoms with Gasteiger partial charge in [-0.05, 0) is 12.8 Å². The molecular weight excluding hydrogens is 414 g/mol. The lowest BCUT2D eigenvalue weighted by Gasteiger charge is -2.39. The van der Waals surface area contributed by atoms with Crippen LogP contribution in [-0.2, 0) is 9.47 Å². The Balaban J connectivity index is 2.13. The molecule has 1 heterocycles. The van der Waals surface area contributed by atoms with Gasteiger partial charge in [-0.3, -0.25) is 0 Å². The van der Waals surface area contributed by atoms with Gasteiger partial charge in [0.25, 0.3) is 0 Å². The highest BCUT2D eigenvalue weighted by molar-refractivity contribution is 4.94. The average Bonchev–Trinajstić information content (AvgIpc) is 2.86. The number of hydrogen-bond acceptors (Lipinski definition) is 8. The van der Waals surface area contributed by atoms with Gasteiger partial charge < -0.3 is 40.7 Å². The minimum Gasteiger partial charge on any atom is -0.394 e. The Hall–Kier alpha value is -0.580. The minimum atomic E-state index is -3.00. The van der Waals surface area contributed by atoms with Crippen LogP contribution in [0.25, 0.3) is 0 Å². The molecule has 0 aromatic heterocycles. The van der Waals surface area contributed by atoms with Crippen molar-refractivity contribution in [1.82, 2.24) is 0 Å². The van der Waals surface area contributed by atoms with Crippen molar-refractivity contribution in [2.24, 2.45) is 5.73 Å². The maximum Gasteiger partial charge on any atom is 0.186 e. The van der Waals surface area contributed by atoms with E-state index in [1.54, 1.807) is 6.08 Å². The Kier molecular flexibility index (Phi) is 11.0. The highest BCUT2D eigenvalue weighted by Crippen LogP contribution is 2.22. The fourth-order valence-corrected chi connectivity index (χ4v) is 3.49. The normalized spacial score (nSPS) is 32.8. The molecule has 0 spiro atoms. The van der Waals surface area contributed by atoms with Crippen molar-refractivity contribution >= 4 is 0 Å². The highest BCUT2D eigenvalue weighted by Gasteiger charge is 2.44. The molecule has 0 aromatic rings. The SMILES string of the molecule is [2H]C([2H])([2H])C([2H])([2H])C([2H])([2H])CCCCCCCCCC/C=C/[C@@H](O)[C@@H](N)CO[C@@H]1O[C@H](CO)[C@@H](O)[C@H](O)[C@H]1O. The molecular formula is C24H47NO7. The van der Waals surface area contributed by atoms with Gasteiger partial charge in [0.1, 0.15) is 24.4 Å². The van der Waals surface area contributed by atoms with Crippen LogP contribution >= 0.6 is 0 Å². The van der Waals surface area contributed by atoms with E-state index in [9.17, 15) is 25.5 Å². The van der Waals surface area contributed by atoms with Crippen LogP contribution in [0.5, 0.6) is 0 Å². The van der Waals surface area contributed by atoms with Crippen LogP contribution in [-0.4, -0.2) is 81.6 Å². The highest BCUT2D eigenvalue weighted by atomic mass is 16.7. The van der Waals surface area contributed by atoms with Crippen molar-refractivity contribution in [1.29, 1.82) is 0 Å². The summed E-state index contributed by atoms with van der Waals surface area (Å²) in [7, 11) is 0. The Labute approximate surface area is 203 Å². The Morgan fingerprint density at radius 3 is 2.25 bits per heavy atom. The molecule has 1 fully saturated rings. The smallest absolute Gasteiger partial charge is 0.186 e. The van der Waals surface area contributed by atoms with Crippen molar-refractivity contribution in [3.8, 4) is 0 Å².